The predicted molar refractivity (Wildman–Crippen MR) is 95.0 cm³/mol. The van der Waals surface area contributed by atoms with Crippen LogP contribution in [0, 0.1) is 0 Å². The maximum absolute atomic E-state index is 4.66. The van der Waals surface area contributed by atoms with Crippen molar-refractivity contribution in [1.29, 1.82) is 0 Å². The van der Waals surface area contributed by atoms with Crippen molar-refractivity contribution in [3.63, 3.8) is 0 Å². The molecular formula is C18H25N5. The molecule has 1 aromatic carbocycles. The minimum atomic E-state index is 0.719. The van der Waals surface area contributed by atoms with E-state index in [0.29, 0.717) is 0 Å². The molecule has 5 nitrogen and oxygen atoms in total. The van der Waals surface area contributed by atoms with E-state index in [9.17, 15) is 0 Å². The fraction of sp³-hybridized carbons (Fsp3) is 0.444. The predicted octanol–water partition coefficient (Wildman–Crippen LogP) is 2.27. The van der Waals surface area contributed by atoms with Gasteiger partial charge in [0.05, 0.1) is 0 Å². The molecule has 1 aliphatic heterocycles. The Labute approximate surface area is 138 Å². The van der Waals surface area contributed by atoms with Crippen LogP contribution in [0.5, 0.6) is 0 Å². The van der Waals surface area contributed by atoms with Gasteiger partial charge in [-0.2, -0.15) is 4.98 Å². The van der Waals surface area contributed by atoms with Gasteiger partial charge in [0.2, 0.25) is 5.95 Å². The zero-order valence-electron chi connectivity index (χ0n) is 13.8. The molecule has 1 aliphatic rings. The van der Waals surface area contributed by atoms with Crippen molar-refractivity contribution in [3.8, 4) is 0 Å². The summed E-state index contributed by atoms with van der Waals surface area (Å²) in [7, 11) is 0. The Hall–Kier alpha value is -2.14. The average Bonchev–Trinajstić information content (AvgIpc) is 2.63. The Kier molecular flexibility index (Phi) is 5.42. The molecule has 1 N–H and O–H groups in total. The van der Waals surface area contributed by atoms with Crippen molar-refractivity contribution in [2.75, 3.05) is 49.5 Å². The van der Waals surface area contributed by atoms with Crippen LogP contribution in [0.2, 0.25) is 0 Å². The molecular weight excluding hydrogens is 286 g/mol. The van der Waals surface area contributed by atoms with Crippen LogP contribution in [-0.4, -0.2) is 54.1 Å². The van der Waals surface area contributed by atoms with Gasteiger partial charge in [-0.05, 0) is 24.6 Å². The van der Waals surface area contributed by atoms with Crippen molar-refractivity contribution in [1.82, 2.24) is 14.9 Å². The van der Waals surface area contributed by atoms with Crippen molar-refractivity contribution >= 4 is 11.8 Å². The van der Waals surface area contributed by atoms with Crippen LogP contribution in [0.4, 0.5) is 11.8 Å². The molecule has 23 heavy (non-hydrogen) atoms. The molecule has 0 amide bonds. The second-order valence-corrected chi connectivity index (χ2v) is 5.82. The van der Waals surface area contributed by atoms with Gasteiger partial charge in [-0.3, -0.25) is 0 Å². The summed E-state index contributed by atoms with van der Waals surface area (Å²) in [5, 5.41) is 3.33. The minimum Gasteiger partial charge on any atom is -0.354 e. The number of piperazine rings is 1. The van der Waals surface area contributed by atoms with Crippen molar-refractivity contribution in [2.24, 2.45) is 0 Å². The number of hydrogen-bond donors (Lipinski definition) is 1. The highest BCUT2D eigenvalue weighted by Crippen LogP contribution is 2.14. The number of benzene rings is 1. The molecule has 122 valence electrons. The maximum atomic E-state index is 4.66. The fourth-order valence-electron chi connectivity index (χ4n) is 2.87. The van der Waals surface area contributed by atoms with E-state index in [1.54, 1.807) is 0 Å². The molecule has 2 aromatic rings. The molecule has 5 heteroatoms. The lowest BCUT2D eigenvalue weighted by atomic mass is 10.1. The molecule has 0 spiro atoms. The Bertz CT molecular complexity index is 593. The zero-order valence-corrected chi connectivity index (χ0v) is 13.8. The van der Waals surface area contributed by atoms with E-state index in [4.69, 9.17) is 0 Å². The standard InChI is InChI=1S/C18H25N5/c1-2-22-12-14-23(15-13-22)17-9-11-20-18(21-17)19-10-8-16-6-4-3-5-7-16/h3-7,9,11H,2,8,10,12-15H2,1H3,(H,19,20,21). The Morgan fingerprint density at radius 2 is 1.83 bits per heavy atom. The number of likely N-dealkylation sites (N-methyl/N-ethyl adjacent to an activating group) is 1. The van der Waals surface area contributed by atoms with Crippen LogP contribution in [0.3, 0.4) is 0 Å². The summed E-state index contributed by atoms with van der Waals surface area (Å²) < 4.78 is 0. The number of aromatic nitrogens is 2. The number of rotatable bonds is 6. The first-order valence-electron chi connectivity index (χ1n) is 8.43. The van der Waals surface area contributed by atoms with E-state index in [1.807, 2.05) is 18.3 Å². The van der Waals surface area contributed by atoms with Crippen LogP contribution < -0.4 is 10.2 Å². The van der Waals surface area contributed by atoms with Gasteiger partial charge in [-0.1, -0.05) is 37.3 Å². The average molecular weight is 311 g/mol. The van der Waals surface area contributed by atoms with Gasteiger partial charge in [-0.15, -0.1) is 0 Å². The second kappa shape index (κ2) is 7.92. The first-order chi connectivity index (χ1) is 11.3. The lowest BCUT2D eigenvalue weighted by Gasteiger charge is -2.34. The summed E-state index contributed by atoms with van der Waals surface area (Å²) in [4.78, 5) is 13.8. The van der Waals surface area contributed by atoms with Gasteiger partial charge in [0.25, 0.3) is 0 Å². The van der Waals surface area contributed by atoms with E-state index >= 15 is 0 Å². The third-order valence-electron chi connectivity index (χ3n) is 4.32. The van der Waals surface area contributed by atoms with Gasteiger partial charge >= 0.3 is 0 Å². The van der Waals surface area contributed by atoms with Gasteiger partial charge < -0.3 is 15.1 Å². The Balaban J connectivity index is 1.53. The van der Waals surface area contributed by atoms with E-state index in [1.165, 1.54) is 5.56 Å². The third kappa shape index (κ3) is 4.42. The molecule has 0 aliphatic carbocycles. The van der Waals surface area contributed by atoms with Crippen LogP contribution >= 0.6 is 0 Å². The van der Waals surface area contributed by atoms with Gasteiger partial charge in [0.15, 0.2) is 0 Å². The van der Waals surface area contributed by atoms with E-state index in [-0.39, 0.29) is 0 Å². The highest BCUT2D eigenvalue weighted by atomic mass is 15.3. The Morgan fingerprint density at radius 3 is 2.57 bits per heavy atom. The largest absolute Gasteiger partial charge is 0.354 e. The summed E-state index contributed by atoms with van der Waals surface area (Å²) in [5.41, 5.74) is 1.33. The van der Waals surface area contributed by atoms with Crippen LogP contribution in [0.15, 0.2) is 42.6 Å². The molecule has 3 rings (SSSR count). The van der Waals surface area contributed by atoms with E-state index < -0.39 is 0 Å². The second-order valence-electron chi connectivity index (χ2n) is 5.82. The molecule has 1 saturated heterocycles. The first-order valence-corrected chi connectivity index (χ1v) is 8.43. The molecule has 0 bridgehead atoms. The van der Waals surface area contributed by atoms with E-state index in [0.717, 1.165) is 57.5 Å². The van der Waals surface area contributed by atoms with Crippen molar-refractivity contribution in [3.05, 3.63) is 48.2 Å². The first kappa shape index (κ1) is 15.7. The topological polar surface area (TPSA) is 44.3 Å². The highest BCUT2D eigenvalue weighted by Gasteiger charge is 2.16. The van der Waals surface area contributed by atoms with Crippen LogP contribution in [-0.2, 0) is 6.42 Å². The minimum absolute atomic E-state index is 0.719. The Morgan fingerprint density at radius 1 is 1.04 bits per heavy atom. The molecule has 0 unspecified atom stereocenters. The van der Waals surface area contributed by atoms with Gasteiger partial charge in [0, 0.05) is 38.9 Å². The summed E-state index contributed by atoms with van der Waals surface area (Å²) >= 11 is 0. The van der Waals surface area contributed by atoms with Gasteiger partial charge in [0.1, 0.15) is 5.82 Å². The number of nitrogens with zero attached hydrogens (tertiary/aromatic N) is 4. The molecule has 1 fully saturated rings. The summed E-state index contributed by atoms with van der Waals surface area (Å²) in [6.45, 7) is 8.48. The lowest BCUT2D eigenvalue weighted by molar-refractivity contribution is 0.270. The van der Waals surface area contributed by atoms with Gasteiger partial charge in [-0.25, -0.2) is 4.98 Å². The zero-order chi connectivity index (χ0) is 15.9. The SMILES string of the molecule is CCN1CCN(c2ccnc(NCCc3ccccc3)n2)CC1. The summed E-state index contributed by atoms with van der Waals surface area (Å²) in [5.74, 6) is 1.74. The quantitative estimate of drug-likeness (QED) is 0.886. The molecule has 1 aromatic heterocycles. The monoisotopic (exact) mass is 311 g/mol. The number of nitrogens with one attached hydrogen (secondary N) is 1. The van der Waals surface area contributed by atoms with Crippen molar-refractivity contribution < 1.29 is 0 Å². The van der Waals surface area contributed by atoms with Crippen molar-refractivity contribution in [2.45, 2.75) is 13.3 Å². The smallest absolute Gasteiger partial charge is 0.224 e. The molecule has 0 radical (unpaired) electrons. The highest BCUT2D eigenvalue weighted by molar-refractivity contribution is 5.43. The maximum Gasteiger partial charge on any atom is 0.224 e. The molecule has 0 saturated carbocycles. The molecule has 2 heterocycles. The van der Waals surface area contributed by atoms with Crippen LogP contribution in [0.1, 0.15) is 12.5 Å². The molecule has 0 atom stereocenters. The summed E-state index contributed by atoms with van der Waals surface area (Å²) in [6, 6.07) is 12.5. The summed E-state index contributed by atoms with van der Waals surface area (Å²) in [6.07, 6.45) is 2.82. The lowest BCUT2D eigenvalue weighted by Crippen LogP contribution is -2.46. The fourth-order valence-corrected chi connectivity index (χ4v) is 2.87. The van der Waals surface area contributed by atoms with E-state index in [2.05, 4.69) is 56.3 Å². The van der Waals surface area contributed by atoms with Crippen LogP contribution in [0.25, 0.3) is 0 Å². The normalized spacial score (nSPS) is 15.6. The number of anilines is 2. The number of hydrogen-bond acceptors (Lipinski definition) is 5. The third-order valence-corrected chi connectivity index (χ3v) is 4.32.